The van der Waals surface area contributed by atoms with Crippen LogP contribution in [0.3, 0.4) is 0 Å². The second-order valence-electron chi connectivity index (χ2n) is 4.87. The van der Waals surface area contributed by atoms with E-state index in [1.807, 2.05) is 38.1 Å². The van der Waals surface area contributed by atoms with Gasteiger partial charge in [-0.3, -0.25) is 0 Å². The second kappa shape index (κ2) is 6.47. The molecule has 2 aromatic rings. The van der Waals surface area contributed by atoms with Crippen LogP contribution in [0.2, 0.25) is 0 Å². The normalized spacial score (nSPS) is 14.2. The highest BCUT2D eigenvalue weighted by Gasteiger charge is 2.28. The minimum atomic E-state index is -0.766. The third-order valence-electron chi connectivity index (χ3n) is 2.79. The van der Waals surface area contributed by atoms with Crippen molar-refractivity contribution in [3.05, 3.63) is 34.6 Å². The summed E-state index contributed by atoms with van der Waals surface area (Å²) < 4.78 is 11.7. The fraction of sp³-hybridized carbons (Fsp3) is 0.429. The van der Waals surface area contributed by atoms with Gasteiger partial charge in [0.2, 0.25) is 0 Å². The highest BCUT2D eigenvalue weighted by molar-refractivity contribution is 9.10. The monoisotopic (exact) mass is 339 g/mol. The lowest BCUT2D eigenvalue weighted by molar-refractivity contribution is 0.0867. The molecule has 1 aromatic carbocycles. The van der Waals surface area contributed by atoms with Crippen molar-refractivity contribution in [2.24, 2.45) is 5.73 Å². The smallest absolute Gasteiger partial charge is 0.259 e. The molecule has 0 saturated carbocycles. The summed E-state index contributed by atoms with van der Waals surface area (Å²) in [6.07, 6.45) is 0.949. The molecular weight excluding hydrogens is 322 g/mol. The fourth-order valence-electron chi connectivity index (χ4n) is 1.69. The summed E-state index contributed by atoms with van der Waals surface area (Å²) in [4.78, 5) is 4.38. The van der Waals surface area contributed by atoms with Gasteiger partial charge in [0.15, 0.2) is 5.82 Å². The summed E-state index contributed by atoms with van der Waals surface area (Å²) >= 11 is 3.46. The van der Waals surface area contributed by atoms with Crippen LogP contribution in [-0.2, 0) is 10.3 Å². The molecule has 108 valence electrons. The molecule has 2 rings (SSSR count). The van der Waals surface area contributed by atoms with Crippen LogP contribution in [0.15, 0.2) is 33.3 Å². The zero-order valence-electron chi connectivity index (χ0n) is 11.6. The van der Waals surface area contributed by atoms with E-state index in [1.54, 1.807) is 0 Å². The number of rotatable bonds is 6. The maximum absolute atomic E-state index is 6.19. The summed E-state index contributed by atoms with van der Waals surface area (Å²) in [7, 11) is 0. The van der Waals surface area contributed by atoms with E-state index in [2.05, 4.69) is 26.1 Å². The predicted octanol–water partition coefficient (Wildman–Crippen LogP) is 3.10. The number of ether oxygens (including phenoxy) is 1. The van der Waals surface area contributed by atoms with Gasteiger partial charge in [0, 0.05) is 11.1 Å². The van der Waals surface area contributed by atoms with Gasteiger partial charge < -0.3 is 15.0 Å². The van der Waals surface area contributed by atoms with Crippen molar-refractivity contribution < 1.29 is 9.26 Å². The summed E-state index contributed by atoms with van der Waals surface area (Å²) in [6, 6.07) is 7.67. The Morgan fingerprint density at radius 2 is 2.15 bits per heavy atom. The SMILES string of the molecule is CCCOCC(C)(N)c1noc(-c2ccccc2Br)n1. The number of hydrogen-bond acceptors (Lipinski definition) is 5. The van der Waals surface area contributed by atoms with Gasteiger partial charge in [-0.2, -0.15) is 4.98 Å². The average Bonchev–Trinajstić information content (AvgIpc) is 2.90. The standard InChI is InChI=1S/C14H18BrN3O2/c1-3-8-19-9-14(2,16)13-17-12(20-18-13)10-6-4-5-7-11(10)15/h4-7H,3,8-9,16H2,1-2H3. The zero-order valence-corrected chi connectivity index (χ0v) is 13.2. The molecule has 0 aliphatic carbocycles. The first-order valence-electron chi connectivity index (χ1n) is 6.50. The first kappa shape index (κ1) is 15.2. The van der Waals surface area contributed by atoms with Gasteiger partial charge in [-0.1, -0.05) is 24.2 Å². The molecule has 6 heteroatoms. The van der Waals surface area contributed by atoms with E-state index in [0.717, 1.165) is 16.5 Å². The van der Waals surface area contributed by atoms with Gasteiger partial charge >= 0.3 is 0 Å². The van der Waals surface area contributed by atoms with Gasteiger partial charge in [-0.05, 0) is 41.4 Å². The third kappa shape index (κ3) is 3.45. The van der Waals surface area contributed by atoms with Crippen molar-refractivity contribution in [3.63, 3.8) is 0 Å². The maximum Gasteiger partial charge on any atom is 0.259 e. The molecule has 5 nitrogen and oxygen atoms in total. The Bertz CT molecular complexity index is 569. The Hall–Kier alpha value is -1.24. The van der Waals surface area contributed by atoms with E-state index in [9.17, 15) is 0 Å². The lowest BCUT2D eigenvalue weighted by Gasteiger charge is -2.19. The molecule has 1 atom stereocenters. The van der Waals surface area contributed by atoms with Gasteiger partial charge in [-0.15, -0.1) is 0 Å². The Kier molecular flexibility index (Phi) is 4.91. The van der Waals surface area contributed by atoms with E-state index in [1.165, 1.54) is 0 Å². The Balaban J connectivity index is 2.18. The van der Waals surface area contributed by atoms with Crippen molar-refractivity contribution in [3.8, 4) is 11.5 Å². The highest BCUT2D eigenvalue weighted by atomic mass is 79.9. The number of halogens is 1. The number of nitrogens with two attached hydrogens (primary N) is 1. The van der Waals surface area contributed by atoms with Crippen LogP contribution < -0.4 is 5.73 Å². The van der Waals surface area contributed by atoms with E-state index in [4.69, 9.17) is 15.0 Å². The molecule has 1 aromatic heterocycles. The van der Waals surface area contributed by atoms with Crippen LogP contribution in [0.1, 0.15) is 26.1 Å². The van der Waals surface area contributed by atoms with E-state index < -0.39 is 5.54 Å². The van der Waals surface area contributed by atoms with Crippen LogP contribution >= 0.6 is 15.9 Å². The molecule has 0 spiro atoms. The molecule has 1 heterocycles. The van der Waals surface area contributed by atoms with Gasteiger partial charge in [0.1, 0.15) is 5.54 Å². The van der Waals surface area contributed by atoms with Crippen molar-refractivity contribution in [1.82, 2.24) is 10.1 Å². The molecule has 0 radical (unpaired) electrons. The Morgan fingerprint density at radius 1 is 1.40 bits per heavy atom. The summed E-state index contributed by atoms with van der Waals surface area (Å²) in [5, 5.41) is 3.97. The Morgan fingerprint density at radius 3 is 2.85 bits per heavy atom. The number of aromatic nitrogens is 2. The van der Waals surface area contributed by atoms with Crippen LogP contribution in [0, 0.1) is 0 Å². The summed E-state index contributed by atoms with van der Waals surface area (Å²) in [6.45, 7) is 4.90. The molecule has 0 bridgehead atoms. The van der Waals surface area contributed by atoms with E-state index >= 15 is 0 Å². The number of nitrogens with zero attached hydrogens (tertiary/aromatic N) is 2. The fourth-order valence-corrected chi connectivity index (χ4v) is 2.15. The first-order valence-corrected chi connectivity index (χ1v) is 7.29. The molecule has 0 saturated heterocycles. The van der Waals surface area contributed by atoms with Crippen molar-refractivity contribution in [1.29, 1.82) is 0 Å². The van der Waals surface area contributed by atoms with Crippen molar-refractivity contribution >= 4 is 15.9 Å². The predicted molar refractivity (Wildman–Crippen MR) is 80.1 cm³/mol. The van der Waals surface area contributed by atoms with Crippen molar-refractivity contribution in [2.45, 2.75) is 25.8 Å². The molecule has 0 amide bonds. The third-order valence-corrected chi connectivity index (χ3v) is 3.48. The molecule has 0 aliphatic heterocycles. The quantitative estimate of drug-likeness (QED) is 0.818. The topological polar surface area (TPSA) is 74.2 Å². The molecule has 2 N–H and O–H groups in total. The molecule has 0 aliphatic rings. The minimum absolute atomic E-state index is 0.357. The lowest BCUT2D eigenvalue weighted by Crippen LogP contribution is -2.39. The maximum atomic E-state index is 6.19. The van der Waals surface area contributed by atoms with E-state index in [0.29, 0.717) is 24.9 Å². The molecule has 1 unspecified atom stereocenters. The Labute approximate surface area is 126 Å². The molecular formula is C14H18BrN3O2. The largest absolute Gasteiger partial charge is 0.379 e. The van der Waals surface area contributed by atoms with Crippen LogP contribution in [0.5, 0.6) is 0 Å². The van der Waals surface area contributed by atoms with E-state index in [-0.39, 0.29) is 0 Å². The van der Waals surface area contributed by atoms with Gasteiger partial charge in [-0.25, -0.2) is 0 Å². The average molecular weight is 340 g/mol. The van der Waals surface area contributed by atoms with Crippen molar-refractivity contribution in [2.75, 3.05) is 13.2 Å². The summed E-state index contributed by atoms with van der Waals surface area (Å²) in [5.74, 6) is 0.888. The minimum Gasteiger partial charge on any atom is -0.379 e. The number of benzene rings is 1. The van der Waals surface area contributed by atoms with Crippen LogP contribution in [0.25, 0.3) is 11.5 Å². The van der Waals surface area contributed by atoms with Crippen LogP contribution in [0.4, 0.5) is 0 Å². The lowest BCUT2D eigenvalue weighted by atomic mass is 10.1. The highest BCUT2D eigenvalue weighted by Crippen LogP contribution is 2.27. The summed E-state index contributed by atoms with van der Waals surface area (Å²) in [5.41, 5.74) is 6.26. The first-order chi connectivity index (χ1) is 9.54. The van der Waals surface area contributed by atoms with Gasteiger partial charge in [0.05, 0.1) is 12.2 Å². The molecule has 0 fully saturated rings. The zero-order chi connectivity index (χ0) is 14.6. The number of hydrogen-bond donors (Lipinski definition) is 1. The van der Waals surface area contributed by atoms with Crippen LogP contribution in [-0.4, -0.2) is 23.4 Å². The second-order valence-corrected chi connectivity index (χ2v) is 5.73. The molecule has 20 heavy (non-hydrogen) atoms. The van der Waals surface area contributed by atoms with Gasteiger partial charge in [0.25, 0.3) is 5.89 Å².